The highest BCUT2D eigenvalue weighted by Gasteiger charge is 2.42. The molecule has 5 rings (SSSR count). The zero-order valence-electron chi connectivity index (χ0n) is 17.7. The van der Waals surface area contributed by atoms with Crippen molar-refractivity contribution in [2.24, 2.45) is 0 Å². The van der Waals surface area contributed by atoms with Gasteiger partial charge in [0.1, 0.15) is 0 Å². The largest absolute Gasteiger partial charge is 0.180 e. The predicted molar refractivity (Wildman–Crippen MR) is 143 cm³/mol. The molecule has 0 aliphatic heterocycles. The van der Waals surface area contributed by atoms with E-state index >= 15 is 0 Å². The van der Waals surface area contributed by atoms with Crippen LogP contribution in [0.15, 0.2) is 144 Å². The van der Waals surface area contributed by atoms with Crippen molar-refractivity contribution < 1.29 is 0 Å². The lowest BCUT2D eigenvalue weighted by molar-refractivity contribution is 1.59. The molecule has 0 spiro atoms. The molecule has 0 fully saturated rings. The number of rotatable bonds is 5. The van der Waals surface area contributed by atoms with E-state index in [0.717, 1.165) is 4.47 Å². The molecule has 0 saturated carbocycles. The summed E-state index contributed by atoms with van der Waals surface area (Å²) in [4.78, 5) is 0. The quantitative estimate of drug-likeness (QED) is 0.225. The zero-order valence-corrected chi connectivity index (χ0v) is 20.2. The molecule has 32 heavy (non-hydrogen) atoms. The van der Waals surface area contributed by atoms with E-state index in [1.807, 2.05) is 0 Å². The van der Waals surface area contributed by atoms with Crippen molar-refractivity contribution in [3.05, 3.63) is 144 Å². The fourth-order valence-corrected chi connectivity index (χ4v) is 10.2. The smallest absolute Gasteiger partial charge is 0.0623 e. The van der Waals surface area contributed by atoms with E-state index in [0.29, 0.717) is 0 Å². The Morgan fingerprint density at radius 3 is 1.22 bits per heavy atom. The summed E-state index contributed by atoms with van der Waals surface area (Å²) in [5, 5.41) is 5.56. The summed E-state index contributed by atoms with van der Waals surface area (Å²) in [6.07, 6.45) is 0. The van der Waals surface area contributed by atoms with E-state index < -0.39 is 8.07 Å². The van der Waals surface area contributed by atoms with Gasteiger partial charge in [0.15, 0.2) is 8.07 Å². The van der Waals surface area contributed by atoms with Crippen molar-refractivity contribution in [1.82, 2.24) is 0 Å². The van der Waals surface area contributed by atoms with Gasteiger partial charge in [0.25, 0.3) is 0 Å². The minimum absolute atomic E-state index is 1.12. The van der Waals surface area contributed by atoms with Gasteiger partial charge in [-0.15, -0.1) is 0 Å². The molecule has 0 atom stereocenters. The van der Waals surface area contributed by atoms with Gasteiger partial charge in [-0.2, -0.15) is 0 Å². The maximum Gasteiger partial charge on any atom is 0.180 e. The normalized spacial score (nSPS) is 11.3. The molecule has 0 aliphatic rings. The molecule has 154 valence electrons. The Hall–Kier alpha value is -3.20. The molecule has 0 aromatic heterocycles. The standard InChI is InChI=1S/C30H23BrSi/c31-29-22-12-10-20-27(29)28-21-11-13-23-30(28)32(24-14-4-1-5-15-24,25-16-6-2-7-17-25)26-18-8-3-9-19-26/h1-23H. The molecule has 0 N–H and O–H groups in total. The molecule has 0 radical (unpaired) electrons. The van der Waals surface area contributed by atoms with Gasteiger partial charge in [-0.1, -0.05) is 149 Å². The Labute approximate surface area is 199 Å². The Bertz CT molecular complexity index is 1220. The maximum absolute atomic E-state index is 3.82. The first-order valence-electron chi connectivity index (χ1n) is 10.8. The highest BCUT2D eigenvalue weighted by molar-refractivity contribution is 9.10. The van der Waals surface area contributed by atoms with Gasteiger partial charge in [0, 0.05) is 4.47 Å². The lowest BCUT2D eigenvalue weighted by Gasteiger charge is -2.36. The summed E-state index contributed by atoms with van der Waals surface area (Å²) in [5.41, 5.74) is 2.51. The first kappa shape index (κ1) is 20.7. The van der Waals surface area contributed by atoms with Gasteiger partial charge in [-0.05, 0) is 37.9 Å². The van der Waals surface area contributed by atoms with Crippen molar-refractivity contribution in [1.29, 1.82) is 0 Å². The summed E-state index contributed by atoms with van der Waals surface area (Å²) in [5.74, 6) is 0. The SMILES string of the molecule is Brc1ccccc1-c1ccccc1[Si](c1ccccc1)(c1ccccc1)c1ccccc1. The van der Waals surface area contributed by atoms with E-state index in [1.54, 1.807) is 0 Å². The lowest BCUT2D eigenvalue weighted by atomic mass is 10.1. The van der Waals surface area contributed by atoms with E-state index in [9.17, 15) is 0 Å². The molecule has 0 amide bonds. The Morgan fingerprint density at radius 1 is 0.375 bits per heavy atom. The van der Waals surface area contributed by atoms with E-state index in [4.69, 9.17) is 0 Å². The minimum atomic E-state index is -2.57. The highest BCUT2D eigenvalue weighted by atomic mass is 79.9. The van der Waals surface area contributed by atoms with Gasteiger partial charge < -0.3 is 0 Å². The second kappa shape index (κ2) is 9.11. The third-order valence-electron chi connectivity index (χ3n) is 6.12. The summed E-state index contributed by atoms with van der Waals surface area (Å²) < 4.78 is 1.12. The van der Waals surface area contributed by atoms with Crippen LogP contribution < -0.4 is 20.7 Å². The van der Waals surface area contributed by atoms with Gasteiger partial charge in [-0.25, -0.2) is 0 Å². The summed E-state index contributed by atoms with van der Waals surface area (Å²) in [6, 6.07) is 50.7. The molecular formula is C30H23BrSi. The molecule has 0 aliphatic carbocycles. The number of benzene rings is 5. The van der Waals surface area contributed by atoms with Crippen LogP contribution in [0.4, 0.5) is 0 Å². The fraction of sp³-hybridized carbons (Fsp3) is 0. The molecule has 0 heterocycles. The van der Waals surface area contributed by atoms with Crippen molar-refractivity contribution >= 4 is 44.8 Å². The molecule has 0 bridgehead atoms. The van der Waals surface area contributed by atoms with Crippen molar-refractivity contribution in [2.75, 3.05) is 0 Å². The second-order valence-electron chi connectivity index (χ2n) is 7.87. The van der Waals surface area contributed by atoms with Crippen LogP contribution in [-0.2, 0) is 0 Å². The molecule has 0 saturated heterocycles. The van der Waals surface area contributed by atoms with E-state index in [2.05, 4.69) is 155 Å². The summed E-state index contributed by atoms with van der Waals surface area (Å²) in [7, 11) is -2.57. The average molecular weight is 492 g/mol. The molecule has 0 nitrogen and oxygen atoms in total. The molecular weight excluding hydrogens is 468 g/mol. The summed E-state index contributed by atoms with van der Waals surface area (Å²) in [6.45, 7) is 0. The number of hydrogen-bond donors (Lipinski definition) is 0. The first-order chi connectivity index (χ1) is 15.8. The van der Waals surface area contributed by atoms with Crippen LogP contribution in [0.3, 0.4) is 0 Å². The van der Waals surface area contributed by atoms with E-state index in [-0.39, 0.29) is 0 Å². The third-order valence-corrected chi connectivity index (χ3v) is 11.6. The van der Waals surface area contributed by atoms with E-state index in [1.165, 1.54) is 31.9 Å². The van der Waals surface area contributed by atoms with Crippen molar-refractivity contribution in [2.45, 2.75) is 0 Å². The minimum Gasteiger partial charge on any atom is -0.0623 e. The Kier molecular flexibility index (Phi) is 5.89. The van der Waals surface area contributed by atoms with Crippen LogP contribution in [0.25, 0.3) is 11.1 Å². The molecule has 0 unspecified atom stereocenters. The van der Waals surface area contributed by atoms with Crippen LogP contribution in [0.1, 0.15) is 0 Å². The molecule has 2 heteroatoms. The first-order valence-corrected chi connectivity index (χ1v) is 13.6. The fourth-order valence-electron chi connectivity index (χ4n) is 4.76. The number of halogens is 1. The highest BCUT2D eigenvalue weighted by Crippen LogP contribution is 2.28. The molecule has 5 aromatic rings. The third kappa shape index (κ3) is 3.56. The van der Waals surface area contributed by atoms with Crippen molar-refractivity contribution in [3.8, 4) is 11.1 Å². The number of hydrogen-bond acceptors (Lipinski definition) is 0. The zero-order chi connectivity index (χ0) is 21.8. The van der Waals surface area contributed by atoms with Crippen LogP contribution in [0.2, 0.25) is 0 Å². The average Bonchev–Trinajstić information content (AvgIpc) is 2.87. The van der Waals surface area contributed by atoms with Gasteiger partial charge in [0.05, 0.1) is 0 Å². The topological polar surface area (TPSA) is 0 Å². The van der Waals surface area contributed by atoms with Crippen LogP contribution in [0.5, 0.6) is 0 Å². The van der Waals surface area contributed by atoms with Crippen LogP contribution in [0, 0.1) is 0 Å². The predicted octanol–water partition coefficient (Wildman–Crippen LogP) is 5.49. The monoisotopic (exact) mass is 490 g/mol. The lowest BCUT2D eigenvalue weighted by Crippen LogP contribution is -2.75. The summed E-state index contributed by atoms with van der Waals surface area (Å²) >= 11 is 3.82. The van der Waals surface area contributed by atoms with Crippen LogP contribution in [-0.4, -0.2) is 8.07 Å². The van der Waals surface area contributed by atoms with Gasteiger partial charge in [0.2, 0.25) is 0 Å². The Morgan fingerprint density at radius 2 is 0.750 bits per heavy atom. The maximum atomic E-state index is 3.82. The van der Waals surface area contributed by atoms with Crippen molar-refractivity contribution in [3.63, 3.8) is 0 Å². The van der Waals surface area contributed by atoms with Gasteiger partial charge in [-0.3, -0.25) is 0 Å². The second-order valence-corrected chi connectivity index (χ2v) is 12.5. The Balaban J connectivity index is 1.95. The van der Waals surface area contributed by atoms with Crippen LogP contribution >= 0.6 is 15.9 Å². The molecule has 5 aromatic carbocycles. The van der Waals surface area contributed by atoms with Gasteiger partial charge >= 0.3 is 0 Å².